The highest BCUT2D eigenvalue weighted by Crippen LogP contribution is 2.44. The summed E-state index contributed by atoms with van der Waals surface area (Å²) in [5.41, 5.74) is -1.25. The normalized spacial score (nSPS) is 35.8. The number of ether oxygens (including phenoxy) is 2. The topological polar surface area (TPSA) is 63.6 Å². The fraction of sp³-hybridized carbons (Fsp3) is 0.667. The third kappa shape index (κ3) is 3.31. The van der Waals surface area contributed by atoms with Crippen LogP contribution in [0.3, 0.4) is 0 Å². The first kappa shape index (κ1) is 18.8. The number of aromatic nitrogens is 3. The van der Waals surface area contributed by atoms with Gasteiger partial charge in [-0.2, -0.15) is 9.97 Å². The molecule has 2 aromatic heterocycles. The number of rotatable bonds is 4. The van der Waals surface area contributed by atoms with Crippen LogP contribution in [-0.4, -0.2) is 81.9 Å². The van der Waals surface area contributed by atoms with Crippen LogP contribution in [0.2, 0.25) is 5.15 Å². The molecule has 5 atom stereocenters. The van der Waals surface area contributed by atoms with Crippen molar-refractivity contribution in [3.8, 4) is 6.01 Å². The Balaban J connectivity index is 1.44. The van der Waals surface area contributed by atoms with Gasteiger partial charge in [-0.25, -0.2) is 13.8 Å². The number of halogens is 4. The van der Waals surface area contributed by atoms with Crippen molar-refractivity contribution in [1.82, 2.24) is 19.9 Å². The molecule has 5 heterocycles. The van der Waals surface area contributed by atoms with Crippen LogP contribution in [-0.2, 0) is 4.74 Å². The first-order valence-electron chi connectivity index (χ1n) is 11.8. The van der Waals surface area contributed by atoms with Gasteiger partial charge in [0.1, 0.15) is 24.1 Å². The van der Waals surface area contributed by atoms with Gasteiger partial charge < -0.3 is 14.4 Å². The van der Waals surface area contributed by atoms with Gasteiger partial charge in [0.05, 0.1) is 31.2 Å². The molecule has 1 saturated carbocycles. The fourth-order valence-corrected chi connectivity index (χ4v) is 5.84. The molecule has 3 aliphatic heterocycles. The number of hydrogen-bond donors (Lipinski definition) is 0. The van der Waals surface area contributed by atoms with Crippen molar-refractivity contribution in [2.24, 2.45) is 0 Å². The van der Waals surface area contributed by atoms with Crippen LogP contribution in [0.1, 0.15) is 28.4 Å². The van der Waals surface area contributed by atoms with Gasteiger partial charge in [0.25, 0.3) is 0 Å². The minimum absolute atomic E-state index is 0.0195. The molecular formula is C21H23Cl2F2N5O2. The lowest BCUT2D eigenvalue weighted by molar-refractivity contribution is 0.107. The molecule has 172 valence electrons. The van der Waals surface area contributed by atoms with E-state index in [-0.39, 0.29) is 47.2 Å². The summed E-state index contributed by atoms with van der Waals surface area (Å²) in [4.78, 5) is 16.3. The van der Waals surface area contributed by atoms with Crippen molar-refractivity contribution in [3.63, 3.8) is 0 Å². The van der Waals surface area contributed by atoms with E-state index in [1.54, 1.807) is 4.90 Å². The van der Waals surface area contributed by atoms with Crippen LogP contribution < -0.4 is 9.64 Å². The lowest BCUT2D eigenvalue weighted by atomic mass is 9.95. The van der Waals surface area contributed by atoms with Gasteiger partial charge in [-0.1, -0.05) is 11.6 Å². The van der Waals surface area contributed by atoms with Crippen molar-refractivity contribution in [3.05, 3.63) is 17.2 Å². The molecule has 0 bridgehead atoms. The Morgan fingerprint density at radius 3 is 3.09 bits per heavy atom. The summed E-state index contributed by atoms with van der Waals surface area (Å²) in [7, 11) is 0. The van der Waals surface area contributed by atoms with Gasteiger partial charge >= 0.3 is 6.01 Å². The van der Waals surface area contributed by atoms with Gasteiger partial charge in [0.15, 0.2) is 11.0 Å². The van der Waals surface area contributed by atoms with Crippen LogP contribution in [0.5, 0.6) is 6.01 Å². The molecule has 0 amide bonds. The Morgan fingerprint density at radius 1 is 1.34 bits per heavy atom. The second kappa shape index (κ2) is 7.75. The van der Waals surface area contributed by atoms with Gasteiger partial charge in [-0.3, -0.25) is 4.90 Å². The van der Waals surface area contributed by atoms with Gasteiger partial charge in [0, 0.05) is 32.3 Å². The Bertz CT molecular complexity index is 1150. The minimum Gasteiger partial charge on any atom is -0.461 e. The SMILES string of the molecule is [2H]C([2H])(Oc1nc(N2CCCOC3C(Cl)C32)c2cnc(Cl)c(F)c2n1)[C@@]12CCCN1C[C@H](F)C2. The molecule has 1 aliphatic carbocycles. The summed E-state index contributed by atoms with van der Waals surface area (Å²) in [6.45, 7) is -0.458. The first-order chi connectivity index (χ1) is 16.2. The molecule has 3 saturated heterocycles. The highest BCUT2D eigenvalue weighted by Gasteiger charge is 2.56. The standard InChI is InChI=1S/C21H23Cl2F2N5O2/c22-13-16-17(13)31-6-2-5-30(16)19-12-8-26-18(23)14(25)15(12)27-20(28-19)32-10-21-3-1-4-29(21)9-11(24)7-21/h8,11,13,16-17H,1-7,9-10H2/t11-,13?,16?,17?,21+/m1/s1/i10D2. The molecule has 0 spiro atoms. The zero-order valence-electron chi connectivity index (χ0n) is 19.1. The largest absolute Gasteiger partial charge is 0.461 e. The highest BCUT2D eigenvalue weighted by molar-refractivity contribution is 6.30. The van der Waals surface area contributed by atoms with Crippen LogP contribution in [0.25, 0.3) is 10.9 Å². The molecule has 32 heavy (non-hydrogen) atoms. The molecule has 0 radical (unpaired) electrons. The van der Waals surface area contributed by atoms with Crippen molar-refractivity contribution in [2.75, 3.05) is 37.7 Å². The first-order valence-corrected chi connectivity index (χ1v) is 11.7. The number of pyridine rings is 1. The number of hydrogen-bond acceptors (Lipinski definition) is 7. The van der Waals surface area contributed by atoms with E-state index in [0.29, 0.717) is 43.7 Å². The van der Waals surface area contributed by atoms with Gasteiger partial charge in [-0.05, 0) is 25.8 Å². The summed E-state index contributed by atoms with van der Waals surface area (Å²) >= 11 is 12.4. The monoisotopic (exact) mass is 487 g/mol. The Morgan fingerprint density at radius 2 is 2.22 bits per heavy atom. The summed E-state index contributed by atoms with van der Waals surface area (Å²) in [5.74, 6) is -0.516. The van der Waals surface area contributed by atoms with Crippen LogP contribution in [0, 0.1) is 5.82 Å². The lowest BCUT2D eigenvalue weighted by Gasteiger charge is -2.31. The quantitative estimate of drug-likeness (QED) is 0.483. The number of fused-ring (bicyclic) bond motifs is 3. The molecule has 7 nitrogen and oxygen atoms in total. The van der Waals surface area contributed by atoms with Crippen molar-refractivity contribution in [1.29, 1.82) is 0 Å². The minimum atomic E-state index is -2.30. The molecular weight excluding hydrogens is 463 g/mol. The van der Waals surface area contributed by atoms with E-state index < -0.39 is 24.1 Å². The molecule has 0 N–H and O–H groups in total. The zero-order valence-corrected chi connectivity index (χ0v) is 18.6. The highest BCUT2D eigenvalue weighted by atomic mass is 35.5. The molecule has 4 aliphatic rings. The maximum Gasteiger partial charge on any atom is 0.319 e. The Kier molecular flexibility index (Phi) is 4.56. The van der Waals surface area contributed by atoms with Crippen molar-refractivity contribution in [2.45, 2.75) is 54.9 Å². The van der Waals surface area contributed by atoms with E-state index in [1.807, 2.05) is 4.90 Å². The van der Waals surface area contributed by atoms with E-state index in [1.165, 1.54) is 6.20 Å². The second-order valence-corrected chi connectivity index (χ2v) is 9.72. The summed E-state index contributed by atoms with van der Waals surface area (Å²) in [6.07, 6.45) is 1.99. The van der Waals surface area contributed by atoms with Crippen LogP contribution in [0.15, 0.2) is 6.20 Å². The summed E-state index contributed by atoms with van der Waals surface area (Å²) in [6, 6.07) is -0.512. The smallest absolute Gasteiger partial charge is 0.319 e. The van der Waals surface area contributed by atoms with E-state index in [2.05, 4.69) is 15.0 Å². The Hall–Kier alpha value is -1.55. The summed E-state index contributed by atoms with van der Waals surface area (Å²) in [5, 5.41) is -0.296. The predicted molar refractivity (Wildman–Crippen MR) is 116 cm³/mol. The van der Waals surface area contributed by atoms with Gasteiger partial charge in [-0.15, -0.1) is 11.6 Å². The van der Waals surface area contributed by atoms with Crippen LogP contribution >= 0.6 is 23.2 Å². The van der Waals surface area contributed by atoms with E-state index in [4.69, 9.17) is 35.4 Å². The van der Waals surface area contributed by atoms with E-state index in [0.717, 1.165) is 6.42 Å². The maximum atomic E-state index is 15.0. The van der Waals surface area contributed by atoms with Crippen molar-refractivity contribution < 1.29 is 21.0 Å². The Labute approximate surface area is 196 Å². The van der Waals surface area contributed by atoms with E-state index in [9.17, 15) is 4.39 Å². The molecule has 0 aromatic carbocycles. The molecule has 6 rings (SSSR count). The number of alkyl halides is 2. The van der Waals surface area contributed by atoms with Crippen LogP contribution in [0.4, 0.5) is 14.6 Å². The predicted octanol–water partition coefficient (Wildman–Crippen LogP) is 3.36. The molecule has 2 aromatic rings. The number of anilines is 1. The molecule has 4 fully saturated rings. The molecule has 3 unspecified atom stereocenters. The van der Waals surface area contributed by atoms with E-state index >= 15 is 4.39 Å². The second-order valence-electron chi connectivity index (χ2n) is 8.86. The average molecular weight is 488 g/mol. The fourth-order valence-electron chi connectivity index (χ4n) is 5.29. The van der Waals surface area contributed by atoms with Crippen molar-refractivity contribution >= 4 is 39.9 Å². The third-order valence-corrected chi connectivity index (χ3v) is 7.63. The number of nitrogens with zero attached hydrogens (tertiary/aromatic N) is 5. The van der Waals surface area contributed by atoms with Gasteiger partial charge in [0.2, 0.25) is 0 Å². The summed E-state index contributed by atoms with van der Waals surface area (Å²) < 4.78 is 58.4. The maximum absolute atomic E-state index is 15.0. The average Bonchev–Trinajstić information content (AvgIpc) is 3.14. The zero-order chi connectivity index (χ0) is 23.8. The lowest BCUT2D eigenvalue weighted by Crippen LogP contribution is -2.43. The third-order valence-electron chi connectivity index (χ3n) is 6.86. The molecule has 11 heteroatoms.